The highest BCUT2D eigenvalue weighted by atomic mass is 32.5. The van der Waals surface area contributed by atoms with Gasteiger partial charge >= 0.3 is 0 Å². The molecule has 0 aromatic heterocycles. The molecule has 0 heterocycles. The van der Waals surface area contributed by atoms with Crippen molar-refractivity contribution in [1.82, 2.24) is 4.86 Å². The Morgan fingerprint density at radius 1 is 1.31 bits per heavy atom. The summed E-state index contributed by atoms with van der Waals surface area (Å²) in [4.78, 5) is 21.6. The fourth-order valence-corrected chi connectivity index (χ4v) is 7.73. The monoisotopic (exact) mass is 259 g/mol. The van der Waals surface area contributed by atoms with Crippen LogP contribution in [0.3, 0.4) is 0 Å². The average molecular weight is 259 g/mol. The van der Waals surface area contributed by atoms with Crippen LogP contribution >= 0.6 is 13.5 Å². The minimum Gasteiger partial charge on any atom is -0.356 e. The quantitative estimate of drug-likeness (QED) is 0.674. The summed E-state index contributed by atoms with van der Waals surface area (Å²) in [5, 5.41) is 0. The minimum atomic E-state index is -2.55. The molecule has 1 rings (SSSR count). The van der Waals surface area contributed by atoms with Gasteiger partial charge in [-0.15, -0.1) is 0 Å². The predicted octanol–water partition coefficient (Wildman–Crippen LogP) is 1.71. The smallest absolute Gasteiger partial charge is 0.135 e. The third-order valence-corrected chi connectivity index (χ3v) is 8.42. The van der Waals surface area contributed by atoms with Crippen LogP contribution in [0.4, 0.5) is 0 Å². The van der Waals surface area contributed by atoms with Gasteiger partial charge in [0.2, 0.25) is 0 Å². The molecule has 0 bridgehead atoms. The molecule has 0 amide bonds. The standard InChI is InChI=1S/C6H15NO2P2S2/c8-10(12)7-11(9,13)6-4-2-1-3-5-6/h6,10H,1-5H2,(H3,7,8,9,12,13). The molecule has 13 heavy (non-hydrogen) atoms. The summed E-state index contributed by atoms with van der Waals surface area (Å²) in [6.07, 6.45) is 2.91. The zero-order valence-electron chi connectivity index (χ0n) is 7.27. The minimum absolute atomic E-state index is 0.173. The van der Waals surface area contributed by atoms with E-state index in [9.17, 15) is 4.89 Å². The molecule has 0 aliphatic heterocycles. The van der Waals surface area contributed by atoms with Crippen molar-refractivity contribution in [1.29, 1.82) is 0 Å². The summed E-state index contributed by atoms with van der Waals surface area (Å²) < 4.78 is 0. The lowest BCUT2D eigenvalue weighted by molar-refractivity contribution is 0.480. The van der Waals surface area contributed by atoms with Crippen LogP contribution in [-0.2, 0) is 23.6 Å². The van der Waals surface area contributed by atoms with E-state index in [0.717, 1.165) is 25.7 Å². The van der Waals surface area contributed by atoms with Gasteiger partial charge in [0.05, 0.1) is 0 Å². The van der Waals surface area contributed by atoms with Gasteiger partial charge in [-0.2, -0.15) is 0 Å². The van der Waals surface area contributed by atoms with Crippen LogP contribution in [0.25, 0.3) is 0 Å². The summed E-state index contributed by atoms with van der Waals surface area (Å²) in [5.74, 6) is 0. The SMILES string of the molecule is O[PH](=S)NP(O)(=S)C1CCCCC1. The van der Waals surface area contributed by atoms with Crippen LogP contribution in [0.5, 0.6) is 0 Å². The van der Waals surface area contributed by atoms with E-state index in [1.807, 2.05) is 0 Å². The van der Waals surface area contributed by atoms with E-state index < -0.39 is 13.5 Å². The predicted molar refractivity (Wildman–Crippen MR) is 64.4 cm³/mol. The molecule has 78 valence electrons. The van der Waals surface area contributed by atoms with Gasteiger partial charge in [0, 0.05) is 5.66 Å². The Morgan fingerprint density at radius 3 is 2.31 bits per heavy atom. The van der Waals surface area contributed by atoms with Crippen molar-refractivity contribution in [3.05, 3.63) is 0 Å². The van der Waals surface area contributed by atoms with Crippen LogP contribution in [0.1, 0.15) is 32.1 Å². The van der Waals surface area contributed by atoms with Crippen molar-refractivity contribution in [3.8, 4) is 0 Å². The highest BCUT2D eigenvalue weighted by molar-refractivity contribution is 8.16. The molecule has 1 aliphatic rings. The Kier molecular flexibility index (Phi) is 5.01. The van der Waals surface area contributed by atoms with Gasteiger partial charge in [0.25, 0.3) is 0 Å². The topological polar surface area (TPSA) is 52.5 Å². The van der Waals surface area contributed by atoms with Crippen molar-refractivity contribution in [2.24, 2.45) is 0 Å². The molecule has 0 aromatic carbocycles. The molecule has 3 N–H and O–H groups in total. The summed E-state index contributed by atoms with van der Waals surface area (Å²) >= 11 is 9.74. The largest absolute Gasteiger partial charge is 0.356 e. The first-order valence-corrected chi connectivity index (χ1v) is 9.76. The molecule has 1 fully saturated rings. The summed E-state index contributed by atoms with van der Waals surface area (Å²) in [5.41, 5.74) is 0.173. The van der Waals surface area contributed by atoms with E-state index in [4.69, 9.17) is 16.7 Å². The van der Waals surface area contributed by atoms with Crippen molar-refractivity contribution in [2.75, 3.05) is 0 Å². The normalized spacial score (nSPS) is 26.6. The van der Waals surface area contributed by atoms with Gasteiger partial charge in [-0.25, -0.2) is 4.86 Å². The Labute approximate surface area is 89.6 Å². The summed E-state index contributed by atoms with van der Waals surface area (Å²) in [6.45, 7) is 0. The molecular formula is C6H15NO2P2S2. The van der Waals surface area contributed by atoms with Crippen molar-refractivity contribution in [2.45, 2.75) is 37.8 Å². The second kappa shape index (κ2) is 5.32. The van der Waals surface area contributed by atoms with Gasteiger partial charge in [0.1, 0.15) is 13.5 Å². The van der Waals surface area contributed by atoms with Crippen molar-refractivity contribution in [3.63, 3.8) is 0 Å². The van der Waals surface area contributed by atoms with E-state index >= 15 is 0 Å². The zero-order chi connectivity index (χ0) is 9.90. The molecule has 2 atom stereocenters. The van der Waals surface area contributed by atoms with E-state index in [0.29, 0.717) is 0 Å². The Hall–Kier alpha value is 1.18. The van der Waals surface area contributed by atoms with E-state index in [1.54, 1.807) is 0 Å². The van der Waals surface area contributed by atoms with Crippen LogP contribution in [0.15, 0.2) is 0 Å². The van der Waals surface area contributed by atoms with Crippen LogP contribution in [-0.4, -0.2) is 15.4 Å². The third kappa shape index (κ3) is 4.05. The molecule has 2 unspecified atom stereocenters. The summed E-state index contributed by atoms with van der Waals surface area (Å²) in [7, 11) is -2.01. The lowest BCUT2D eigenvalue weighted by Gasteiger charge is -2.29. The zero-order valence-corrected chi connectivity index (χ0v) is 10.8. The van der Waals surface area contributed by atoms with Crippen LogP contribution < -0.4 is 4.86 Å². The van der Waals surface area contributed by atoms with Crippen LogP contribution in [0.2, 0.25) is 0 Å². The fourth-order valence-electron chi connectivity index (χ4n) is 1.66. The molecule has 3 nitrogen and oxygen atoms in total. The third-order valence-electron chi connectivity index (χ3n) is 2.33. The van der Waals surface area contributed by atoms with E-state index in [1.165, 1.54) is 6.42 Å². The molecule has 1 saturated carbocycles. The maximum absolute atomic E-state index is 9.92. The van der Waals surface area contributed by atoms with E-state index in [-0.39, 0.29) is 5.66 Å². The first kappa shape index (κ1) is 12.3. The number of hydrogen-bond acceptors (Lipinski definition) is 2. The molecular weight excluding hydrogens is 244 g/mol. The number of nitrogens with one attached hydrogen (secondary N) is 1. The summed E-state index contributed by atoms with van der Waals surface area (Å²) in [6, 6.07) is 0. The molecule has 7 heteroatoms. The molecule has 1 aliphatic carbocycles. The van der Waals surface area contributed by atoms with Gasteiger partial charge in [0.15, 0.2) is 0 Å². The Morgan fingerprint density at radius 2 is 1.85 bits per heavy atom. The Bertz CT molecular complexity index is 243. The highest BCUT2D eigenvalue weighted by Gasteiger charge is 2.27. The van der Waals surface area contributed by atoms with Gasteiger partial charge < -0.3 is 9.79 Å². The van der Waals surface area contributed by atoms with Gasteiger partial charge in [-0.3, -0.25) is 0 Å². The highest BCUT2D eigenvalue weighted by Crippen LogP contribution is 2.51. The van der Waals surface area contributed by atoms with Gasteiger partial charge in [-0.1, -0.05) is 31.1 Å². The number of hydrogen-bond donors (Lipinski definition) is 3. The molecule has 0 radical (unpaired) electrons. The fraction of sp³-hybridized carbons (Fsp3) is 1.00. The first-order chi connectivity index (χ1) is 6.02. The molecule has 0 aromatic rings. The molecule has 0 saturated heterocycles. The van der Waals surface area contributed by atoms with Crippen LogP contribution in [0, 0.1) is 0 Å². The number of rotatable bonds is 3. The Balaban J connectivity index is 2.56. The average Bonchev–Trinajstić information content (AvgIpc) is 2.04. The van der Waals surface area contributed by atoms with Gasteiger partial charge in [-0.05, 0) is 24.6 Å². The molecule has 0 spiro atoms. The maximum atomic E-state index is 9.92. The lowest BCUT2D eigenvalue weighted by Crippen LogP contribution is -2.18. The van der Waals surface area contributed by atoms with Crippen molar-refractivity contribution >= 4 is 37.1 Å². The second-order valence-electron chi connectivity index (χ2n) is 3.33. The lowest BCUT2D eigenvalue weighted by atomic mass is 10.0. The maximum Gasteiger partial charge on any atom is 0.135 e. The van der Waals surface area contributed by atoms with Crippen molar-refractivity contribution < 1.29 is 9.79 Å². The first-order valence-electron chi connectivity index (χ1n) is 4.36. The second-order valence-corrected chi connectivity index (χ2v) is 9.64. The van der Waals surface area contributed by atoms with E-state index in [2.05, 4.69) is 16.7 Å².